The van der Waals surface area contributed by atoms with Gasteiger partial charge in [-0.15, -0.1) is 0 Å². The van der Waals surface area contributed by atoms with Gasteiger partial charge in [0, 0.05) is 18.2 Å². The van der Waals surface area contributed by atoms with E-state index in [4.69, 9.17) is 39.4 Å². The summed E-state index contributed by atoms with van der Waals surface area (Å²) in [6, 6.07) is 49.5. The third kappa shape index (κ3) is 8.49. The van der Waals surface area contributed by atoms with Gasteiger partial charge in [0.25, 0.3) is 0 Å². The highest BCUT2D eigenvalue weighted by Gasteiger charge is 2.45. The topological polar surface area (TPSA) is 82.1 Å². The van der Waals surface area contributed by atoms with Gasteiger partial charge in [0.05, 0.1) is 6.61 Å². The van der Waals surface area contributed by atoms with Crippen molar-refractivity contribution in [3.8, 4) is 5.75 Å². The molecule has 0 aliphatic heterocycles. The molecule has 0 spiro atoms. The van der Waals surface area contributed by atoms with Crippen LogP contribution in [0.5, 0.6) is 5.75 Å². The Morgan fingerprint density at radius 1 is 0.583 bits per heavy atom. The molecule has 0 unspecified atom stereocenters. The molecule has 0 saturated carbocycles. The summed E-state index contributed by atoms with van der Waals surface area (Å²) < 4.78 is 5.68. The van der Waals surface area contributed by atoms with Crippen molar-refractivity contribution >= 4 is 69.3 Å². The van der Waals surface area contributed by atoms with Gasteiger partial charge in [-0.25, -0.2) is 0 Å². The van der Waals surface area contributed by atoms with Gasteiger partial charge >= 0.3 is 0 Å². The first-order chi connectivity index (χ1) is 23.5. The number of hydrazone groups is 2. The maximum atomic E-state index is 5.90. The van der Waals surface area contributed by atoms with Crippen molar-refractivity contribution in [3.05, 3.63) is 157 Å². The zero-order chi connectivity index (χ0) is 33.6. The third-order valence-corrected chi connectivity index (χ3v) is 12.2. The fourth-order valence-corrected chi connectivity index (χ4v) is 9.40. The van der Waals surface area contributed by atoms with Gasteiger partial charge in [0.2, 0.25) is 0 Å². The summed E-state index contributed by atoms with van der Waals surface area (Å²) in [6.07, 6.45) is 0.588. The number of benzene rings is 5. The minimum atomic E-state index is -2.17. The van der Waals surface area contributed by atoms with Crippen LogP contribution in [-0.4, -0.2) is 41.6 Å². The predicted octanol–water partition coefficient (Wildman–Crippen LogP) is 5.70. The summed E-state index contributed by atoms with van der Waals surface area (Å²) in [6.45, 7) is 2.53. The number of ether oxygens (including phenoxy) is 1. The van der Waals surface area contributed by atoms with Gasteiger partial charge in [-0.05, 0) is 92.0 Å². The van der Waals surface area contributed by atoms with Crippen molar-refractivity contribution < 1.29 is 4.74 Å². The molecule has 0 atom stereocenters. The van der Waals surface area contributed by atoms with E-state index in [-0.39, 0.29) is 0 Å². The molecule has 0 bridgehead atoms. The average molecular weight is 690 g/mol. The normalized spacial score (nSPS) is 11.7. The summed E-state index contributed by atoms with van der Waals surface area (Å²) in [5, 5.41) is 20.5. The van der Waals surface area contributed by atoms with Gasteiger partial charge in [0.1, 0.15) is 46.6 Å². The number of thiocarbonyl (C=S) groups is 2. The first-order valence-electron chi connectivity index (χ1n) is 15.6. The Morgan fingerprint density at radius 2 is 1.00 bits per heavy atom. The number of rotatable bonds is 12. The molecule has 0 saturated heterocycles. The lowest BCUT2D eigenvalue weighted by atomic mass is 10.00. The Kier molecular flexibility index (Phi) is 12.4. The maximum Gasteiger partial charge on any atom is 0.189 e. The lowest BCUT2D eigenvalue weighted by Crippen LogP contribution is -2.42. The van der Waals surface area contributed by atoms with Crippen LogP contribution in [0.25, 0.3) is 0 Å². The van der Waals surface area contributed by atoms with Crippen molar-refractivity contribution in [1.82, 2.24) is 21.5 Å². The van der Waals surface area contributed by atoms with E-state index in [1.165, 1.54) is 15.9 Å². The van der Waals surface area contributed by atoms with E-state index in [0.29, 0.717) is 34.5 Å². The molecular weight excluding hydrogens is 652 g/mol. The molecule has 4 N–H and O–H groups in total. The molecule has 10 heteroatoms. The second-order valence-electron chi connectivity index (χ2n) is 10.5. The zero-order valence-corrected chi connectivity index (χ0v) is 29.4. The highest BCUT2D eigenvalue weighted by Crippen LogP contribution is 2.54. The molecule has 0 aliphatic rings. The minimum absolute atomic E-state index is 0.374. The van der Waals surface area contributed by atoms with Gasteiger partial charge in [0.15, 0.2) is 10.2 Å². The minimum Gasteiger partial charge on any atom is -0.494 e. The van der Waals surface area contributed by atoms with Crippen molar-refractivity contribution in [2.75, 3.05) is 19.9 Å². The molecule has 0 radical (unpaired) electrons. The Balaban J connectivity index is 1.51. The van der Waals surface area contributed by atoms with Crippen LogP contribution in [0.4, 0.5) is 0 Å². The molecule has 5 rings (SSSR count). The number of nitrogens with zero attached hydrogens (tertiary/aromatic N) is 2. The quantitative estimate of drug-likeness (QED) is 0.0579. The van der Waals surface area contributed by atoms with Crippen LogP contribution in [0.1, 0.15) is 18.1 Å². The van der Waals surface area contributed by atoms with Gasteiger partial charge < -0.3 is 15.4 Å². The van der Waals surface area contributed by atoms with E-state index in [1.807, 2.05) is 61.5 Å². The van der Waals surface area contributed by atoms with Gasteiger partial charge in [-0.1, -0.05) is 84.9 Å². The summed E-state index contributed by atoms with van der Waals surface area (Å²) in [7, 11) is -0.431. The molecule has 5 aromatic carbocycles. The van der Waals surface area contributed by atoms with E-state index >= 15 is 0 Å². The van der Waals surface area contributed by atoms with Crippen LogP contribution in [0.2, 0.25) is 0 Å². The first-order valence-corrected chi connectivity index (χ1v) is 18.3. The fraction of sp³-hybridized carbons (Fsp3) is 0.105. The van der Waals surface area contributed by atoms with Crippen LogP contribution in [0.3, 0.4) is 0 Å². The van der Waals surface area contributed by atoms with E-state index in [1.54, 1.807) is 7.05 Å². The van der Waals surface area contributed by atoms with Crippen LogP contribution < -0.4 is 42.1 Å². The van der Waals surface area contributed by atoms with Crippen molar-refractivity contribution in [1.29, 1.82) is 0 Å². The Labute approximate surface area is 293 Å². The maximum absolute atomic E-state index is 5.90. The Morgan fingerprint density at radius 3 is 1.44 bits per heavy atom. The Hall–Kier alpha value is -4.95. The summed E-state index contributed by atoms with van der Waals surface area (Å²) in [4.78, 5) is 0. The molecule has 0 aliphatic carbocycles. The molecule has 0 aromatic heterocycles. The summed E-state index contributed by atoms with van der Waals surface area (Å²) >= 11 is 11.2. The smallest absolute Gasteiger partial charge is 0.189 e. The highest BCUT2D eigenvalue weighted by atomic mass is 32.1. The van der Waals surface area contributed by atoms with Crippen LogP contribution in [0.15, 0.2) is 156 Å². The van der Waals surface area contributed by atoms with E-state index in [0.717, 1.165) is 16.9 Å². The number of hydrogen-bond donors (Lipinski definition) is 4. The van der Waals surface area contributed by atoms with Crippen LogP contribution >= 0.6 is 31.7 Å². The number of hydrogen-bond acceptors (Lipinski definition) is 5. The summed E-state index contributed by atoms with van der Waals surface area (Å²) in [5.41, 5.74) is 8.87. The SMILES string of the molecule is CCOc1ccc(C(=N\NC(=S)NC)/C(=N/NC(=S)NC[P+](c2ccccc2)(c2ccccc2)c2ccccc2)c2ccccc2)cc1. The second kappa shape index (κ2) is 17.3. The molecule has 7 nitrogen and oxygen atoms in total. The van der Waals surface area contributed by atoms with E-state index in [2.05, 4.69) is 112 Å². The molecule has 5 aromatic rings. The monoisotopic (exact) mass is 689 g/mol. The van der Waals surface area contributed by atoms with Crippen molar-refractivity contribution in [2.45, 2.75) is 6.92 Å². The van der Waals surface area contributed by atoms with Crippen molar-refractivity contribution in [2.24, 2.45) is 10.2 Å². The zero-order valence-electron chi connectivity index (χ0n) is 26.8. The van der Waals surface area contributed by atoms with Gasteiger partial charge in [-0.3, -0.25) is 10.9 Å². The number of nitrogens with one attached hydrogen (secondary N) is 4. The molecule has 242 valence electrons. The van der Waals surface area contributed by atoms with Crippen LogP contribution in [-0.2, 0) is 0 Å². The second-order valence-corrected chi connectivity index (χ2v) is 14.8. The Bertz CT molecular complexity index is 1740. The third-order valence-electron chi connectivity index (χ3n) is 7.54. The standard InChI is InChI=1S/C38H37N6OPS2/c1-3-45-31-26-24-30(25-27-31)36(41-43-37(47)39-2)35(29-16-8-4-9-17-29)42-44-38(48)40-28-46(32-18-10-5-11-19-32,33-20-12-6-13-21-33)34-22-14-7-15-23-34/h4-27H,3,28H2,1-2H3,(H3-,39,40,41,42,43,44,47,48)/p+1. The lowest BCUT2D eigenvalue weighted by molar-refractivity contribution is 0.340. The molecule has 0 heterocycles. The van der Waals surface area contributed by atoms with E-state index in [9.17, 15) is 0 Å². The van der Waals surface area contributed by atoms with Crippen molar-refractivity contribution in [3.63, 3.8) is 0 Å². The predicted molar refractivity (Wildman–Crippen MR) is 211 cm³/mol. The molecule has 0 amide bonds. The first kappa shape index (κ1) is 34.4. The molecule has 0 fully saturated rings. The van der Waals surface area contributed by atoms with E-state index < -0.39 is 7.26 Å². The molecule has 48 heavy (non-hydrogen) atoms. The fourth-order valence-electron chi connectivity index (χ4n) is 5.25. The lowest BCUT2D eigenvalue weighted by Gasteiger charge is -2.28. The molecular formula is C38H38N6OPS2+. The largest absolute Gasteiger partial charge is 0.494 e. The van der Waals surface area contributed by atoms with Gasteiger partial charge in [-0.2, -0.15) is 10.2 Å². The highest BCUT2D eigenvalue weighted by molar-refractivity contribution is 7.95. The summed E-state index contributed by atoms with van der Waals surface area (Å²) in [5.74, 6) is 0.767. The van der Waals surface area contributed by atoms with Crippen LogP contribution in [0, 0.1) is 0 Å². The average Bonchev–Trinajstić information content (AvgIpc) is 3.15.